The van der Waals surface area contributed by atoms with E-state index in [4.69, 9.17) is 9.47 Å². The Balaban J connectivity index is 1.99. The van der Waals surface area contributed by atoms with Crippen LogP contribution in [0.25, 0.3) is 16.9 Å². The minimum atomic E-state index is -1.19. The molecule has 0 amide bonds. The molecule has 29 heavy (non-hydrogen) atoms. The van der Waals surface area contributed by atoms with Crippen LogP contribution in [0.1, 0.15) is 23.0 Å². The molecule has 0 saturated carbocycles. The lowest BCUT2D eigenvalue weighted by atomic mass is 10.1. The lowest BCUT2D eigenvalue weighted by molar-refractivity contribution is 0.0510. The van der Waals surface area contributed by atoms with Gasteiger partial charge in [-0.15, -0.1) is 0 Å². The van der Waals surface area contributed by atoms with Crippen LogP contribution in [0.2, 0.25) is 25.7 Å². The van der Waals surface area contributed by atoms with Crippen LogP contribution < -0.4 is 0 Å². The first-order chi connectivity index (χ1) is 13.7. The summed E-state index contributed by atoms with van der Waals surface area (Å²) in [6, 6.07) is 3.05. The second-order valence-corrected chi connectivity index (χ2v) is 14.4. The molecule has 3 rings (SSSR count). The number of pyridine rings is 1. The molecule has 0 fully saturated rings. The summed E-state index contributed by atoms with van der Waals surface area (Å²) >= 11 is 3.55. The molecule has 0 aromatic carbocycles. The van der Waals surface area contributed by atoms with E-state index in [1.54, 1.807) is 16.1 Å². The second kappa shape index (κ2) is 8.76. The van der Waals surface area contributed by atoms with Gasteiger partial charge in [0.25, 0.3) is 0 Å². The normalized spacial score (nSPS) is 11.9. The number of rotatable bonds is 8. The van der Waals surface area contributed by atoms with Gasteiger partial charge in [0.15, 0.2) is 11.3 Å². The van der Waals surface area contributed by atoms with Gasteiger partial charge in [-0.1, -0.05) is 19.6 Å². The maximum atomic E-state index is 12.4. The molecule has 0 spiro atoms. The maximum absolute atomic E-state index is 12.4. The molecule has 0 aliphatic heterocycles. The van der Waals surface area contributed by atoms with E-state index in [1.807, 2.05) is 19.2 Å². The highest BCUT2D eigenvalue weighted by atomic mass is 79.9. The highest BCUT2D eigenvalue weighted by molar-refractivity contribution is 9.10. The highest BCUT2D eigenvalue weighted by Crippen LogP contribution is 2.33. The van der Waals surface area contributed by atoms with E-state index in [1.165, 1.54) is 6.33 Å². The standard InChI is InChI=1S/C19H26BrN5O3Si/c1-6-28-19(26)16-15(20)17(25(23-16)12-27-7-8-29(3,4)5)14-9-13(2)18-21-11-22-24(18)10-14/h9-11H,6-8,12H2,1-5H3. The molecule has 0 bridgehead atoms. The third kappa shape index (κ3) is 4.93. The van der Waals surface area contributed by atoms with Crippen molar-refractivity contribution in [3.63, 3.8) is 0 Å². The number of nitrogens with zero attached hydrogens (tertiary/aromatic N) is 5. The molecule has 156 valence electrons. The molecular formula is C19H26BrN5O3Si. The van der Waals surface area contributed by atoms with E-state index in [9.17, 15) is 4.79 Å². The van der Waals surface area contributed by atoms with Crippen molar-refractivity contribution >= 4 is 35.6 Å². The smallest absolute Gasteiger partial charge is 0.360 e. The van der Waals surface area contributed by atoms with Gasteiger partial charge < -0.3 is 9.47 Å². The van der Waals surface area contributed by atoms with Crippen molar-refractivity contribution in [2.24, 2.45) is 0 Å². The van der Waals surface area contributed by atoms with Crippen LogP contribution in [0.3, 0.4) is 0 Å². The van der Waals surface area contributed by atoms with E-state index in [0.29, 0.717) is 11.1 Å². The summed E-state index contributed by atoms with van der Waals surface area (Å²) in [5, 5.41) is 8.71. The molecule has 0 aliphatic rings. The third-order valence-electron chi connectivity index (χ3n) is 4.41. The number of fused-ring (bicyclic) bond motifs is 1. The van der Waals surface area contributed by atoms with Crippen molar-refractivity contribution in [3.05, 3.63) is 34.3 Å². The van der Waals surface area contributed by atoms with Crippen molar-refractivity contribution in [1.29, 1.82) is 0 Å². The highest BCUT2D eigenvalue weighted by Gasteiger charge is 2.24. The van der Waals surface area contributed by atoms with Gasteiger partial charge in [-0.05, 0) is 47.5 Å². The zero-order valence-corrected chi connectivity index (χ0v) is 20.0. The monoisotopic (exact) mass is 479 g/mol. The van der Waals surface area contributed by atoms with Crippen LogP contribution in [-0.4, -0.2) is 51.6 Å². The summed E-state index contributed by atoms with van der Waals surface area (Å²) in [5.74, 6) is -0.472. The molecular weight excluding hydrogens is 454 g/mol. The topological polar surface area (TPSA) is 83.5 Å². The fraction of sp³-hybridized carbons (Fsp3) is 0.474. The molecule has 0 radical (unpaired) electrons. The summed E-state index contributed by atoms with van der Waals surface area (Å²) in [4.78, 5) is 16.6. The van der Waals surface area contributed by atoms with Gasteiger partial charge in [0.2, 0.25) is 0 Å². The van der Waals surface area contributed by atoms with Crippen molar-refractivity contribution in [2.45, 2.75) is 46.3 Å². The minimum Gasteiger partial charge on any atom is -0.461 e. The summed E-state index contributed by atoms with van der Waals surface area (Å²) < 4.78 is 15.0. The number of hydrogen-bond acceptors (Lipinski definition) is 6. The first kappa shape index (κ1) is 21.7. The number of hydrogen-bond donors (Lipinski definition) is 0. The molecule has 0 N–H and O–H groups in total. The number of aromatic nitrogens is 5. The fourth-order valence-electron chi connectivity index (χ4n) is 2.89. The molecule has 10 heteroatoms. The van der Waals surface area contributed by atoms with Gasteiger partial charge >= 0.3 is 5.97 Å². The van der Waals surface area contributed by atoms with Gasteiger partial charge in [-0.3, -0.25) is 0 Å². The maximum Gasteiger partial charge on any atom is 0.360 e. The Kier molecular flexibility index (Phi) is 6.54. The van der Waals surface area contributed by atoms with Crippen LogP contribution in [0.15, 0.2) is 23.1 Å². The largest absolute Gasteiger partial charge is 0.461 e. The number of halogens is 1. The molecule has 0 saturated heterocycles. The summed E-state index contributed by atoms with van der Waals surface area (Å²) in [7, 11) is -1.19. The average Bonchev–Trinajstić information content (AvgIpc) is 3.23. The van der Waals surface area contributed by atoms with Crippen molar-refractivity contribution in [2.75, 3.05) is 13.2 Å². The quantitative estimate of drug-likeness (QED) is 0.274. The average molecular weight is 480 g/mol. The Morgan fingerprint density at radius 3 is 2.76 bits per heavy atom. The van der Waals surface area contributed by atoms with Gasteiger partial charge in [0.05, 0.1) is 16.8 Å². The van der Waals surface area contributed by atoms with Crippen molar-refractivity contribution in [1.82, 2.24) is 24.4 Å². The molecule has 8 nitrogen and oxygen atoms in total. The van der Waals surface area contributed by atoms with Crippen LogP contribution in [0.4, 0.5) is 0 Å². The van der Waals surface area contributed by atoms with Crippen molar-refractivity contribution < 1.29 is 14.3 Å². The van der Waals surface area contributed by atoms with E-state index in [2.05, 4.69) is 50.8 Å². The number of aryl methyl sites for hydroxylation is 1. The Bertz CT molecular complexity index is 1020. The lowest BCUT2D eigenvalue weighted by Crippen LogP contribution is -2.22. The molecule has 0 aliphatic carbocycles. The molecule has 0 unspecified atom stereocenters. The van der Waals surface area contributed by atoms with E-state index >= 15 is 0 Å². The SMILES string of the molecule is CCOC(=O)c1nn(COCC[Si](C)(C)C)c(-c2cc(C)c3ncnn3c2)c1Br. The zero-order chi connectivity index (χ0) is 21.2. The predicted octanol–water partition coefficient (Wildman–Crippen LogP) is 4.15. The van der Waals surface area contributed by atoms with Crippen LogP contribution in [-0.2, 0) is 16.2 Å². The molecule has 3 aromatic heterocycles. The first-order valence-corrected chi connectivity index (χ1v) is 14.0. The number of carbonyl (C=O) groups is 1. The molecule has 3 heterocycles. The number of esters is 1. The Morgan fingerprint density at radius 1 is 1.31 bits per heavy atom. The second-order valence-electron chi connectivity index (χ2n) is 8.02. The zero-order valence-electron chi connectivity index (χ0n) is 17.4. The number of ether oxygens (including phenoxy) is 2. The first-order valence-electron chi connectivity index (χ1n) is 9.53. The lowest BCUT2D eigenvalue weighted by Gasteiger charge is -2.16. The van der Waals surface area contributed by atoms with E-state index in [-0.39, 0.29) is 19.0 Å². The molecule has 0 atom stereocenters. The summed E-state index contributed by atoms with van der Waals surface area (Å²) in [5.41, 5.74) is 3.57. The summed E-state index contributed by atoms with van der Waals surface area (Å²) in [6.45, 7) is 11.8. The van der Waals surface area contributed by atoms with E-state index < -0.39 is 14.0 Å². The van der Waals surface area contributed by atoms with Gasteiger partial charge in [-0.2, -0.15) is 10.2 Å². The third-order valence-corrected chi connectivity index (χ3v) is 6.86. The van der Waals surface area contributed by atoms with Gasteiger partial charge in [-0.25, -0.2) is 19.0 Å². The molecule has 3 aromatic rings. The predicted molar refractivity (Wildman–Crippen MR) is 117 cm³/mol. The van der Waals surface area contributed by atoms with Crippen LogP contribution >= 0.6 is 15.9 Å². The van der Waals surface area contributed by atoms with Crippen LogP contribution in [0.5, 0.6) is 0 Å². The number of carbonyl (C=O) groups excluding carboxylic acids is 1. The fourth-order valence-corrected chi connectivity index (χ4v) is 4.32. The Hall–Kier alpha value is -2.04. The van der Waals surface area contributed by atoms with Crippen molar-refractivity contribution in [3.8, 4) is 11.3 Å². The van der Waals surface area contributed by atoms with E-state index in [0.717, 1.165) is 28.5 Å². The van der Waals surface area contributed by atoms with Gasteiger partial charge in [0, 0.05) is 26.4 Å². The van der Waals surface area contributed by atoms with Crippen LogP contribution in [0, 0.1) is 6.92 Å². The Morgan fingerprint density at radius 2 is 2.07 bits per heavy atom. The minimum absolute atomic E-state index is 0.229. The van der Waals surface area contributed by atoms with Gasteiger partial charge in [0.1, 0.15) is 13.1 Å². The Labute approximate surface area is 179 Å². The summed E-state index contributed by atoms with van der Waals surface area (Å²) in [6.07, 6.45) is 3.38.